The Balaban J connectivity index is 1.31. The highest BCUT2D eigenvalue weighted by molar-refractivity contribution is 7.99. The number of thioether (sulfide) groups is 1. The number of fused-ring (bicyclic) bond motifs is 1. The molecule has 148 valence electrons. The van der Waals surface area contributed by atoms with Gasteiger partial charge >= 0.3 is 0 Å². The molecular formula is C19H26N2O5S. The molecule has 8 heteroatoms. The largest absolute Gasteiger partial charge is 0.466 e. The molecule has 27 heavy (non-hydrogen) atoms. The van der Waals surface area contributed by atoms with Crippen molar-refractivity contribution in [3.63, 3.8) is 0 Å². The first-order valence-electron chi connectivity index (χ1n) is 9.53. The van der Waals surface area contributed by atoms with Gasteiger partial charge < -0.3 is 24.1 Å². The normalized spacial score (nSPS) is 27.1. The fourth-order valence-electron chi connectivity index (χ4n) is 3.92. The van der Waals surface area contributed by atoms with Gasteiger partial charge in [0.2, 0.25) is 5.91 Å². The third-order valence-corrected chi connectivity index (χ3v) is 6.81. The van der Waals surface area contributed by atoms with Gasteiger partial charge in [0.25, 0.3) is 5.91 Å². The van der Waals surface area contributed by atoms with Crippen molar-refractivity contribution in [1.29, 1.82) is 0 Å². The molecule has 1 atom stereocenters. The summed E-state index contributed by atoms with van der Waals surface area (Å²) in [7, 11) is 0. The Kier molecular flexibility index (Phi) is 5.75. The average molecular weight is 394 g/mol. The van der Waals surface area contributed by atoms with Crippen LogP contribution in [0.1, 0.15) is 40.9 Å². The molecule has 7 nitrogen and oxygen atoms in total. The number of carbonyl (C=O) groups is 2. The molecule has 0 spiro atoms. The quantitative estimate of drug-likeness (QED) is 0.792. The van der Waals surface area contributed by atoms with Crippen molar-refractivity contribution in [2.75, 3.05) is 32.6 Å². The zero-order valence-electron chi connectivity index (χ0n) is 15.6. The minimum atomic E-state index is -0.0419. The highest BCUT2D eigenvalue weighted by Crippen LogP contribution is 2.35. The molecule has 2 fully saturated rings. The van der Waals surface area contributed by atoms with Crippen LogP contribution in [0.4, 0.5) is 0 Å². The number of ether oxygens (including phenoxy) is 2. The second-order valence-electron chi connectivity index (χ2n) is 7.38. The first-order valence-corrected chi connectivity index (χ1v) is 10.8. The van der Waals surface area contributed by atoms with Crippen LogP contribution in [0.2, 0.25) is 0 Å². The van der Waals surface area contributed by atoms with E-state index in [0.717, 1.165) is 24.2 Å². The van der Waals surface area contributed by atoms with Crippen LogP contribution in [0, 0.1) is 5.92 Å². The number of furan rings is 1. The molecule has 0 radical (unpaired) electrons. The molecule has 1 saturated carbocycles. The van der Waals surface area contributed by atoms with Crippen molar-refractivity contribution in [2.45, 2.75) is 43.8 Å². The van der Waals surface area contributed by atoms with Gasteiger partial charge in [-0.1, -0.05) is 0 Å². The number of hydrogen-bond acceptors (Lipinski definition) is 6. The number of carbonyl (C=O) groups excluding carboxylic acids is 2. The van der Waals surface area contributed by atoms with E-state index in [2.05, 4.69) is 11.6 Å². The summed E-state index contributed by atoms with van der Waals surface area (Å²) in [5, 5.41) is 3.66. The fourth-order valence-corrected chi connectivity index (χ4v) is 4.77. The molecule has 1 aromatic heterocycles. The van der Waals surface area contributed by atoms with Crippen LogP contribution in [0.25, 0.3) is 0 Å². The predicted octanol–water partition coefficient (Wildman–Crippen LogP) is 1.80. The standard InChI is InChI=1S/C19H26N2O5S/c1-27-14-6-12(7-14)18(22)20-3-2-13-8-24-5-4-21(13)19(23)16-10-26-17-11-25-9-15(16)17/h10,12-14H,2-9,11H2,1H3,(H,20,22). The van der Waals surface area contributed by atoms with Gasteiger partial charge in [-0.05, 0) is 25.5 Å². The molecular weight excluding hydrogens is 368 g/mol. The molecule has 0 aromatic carbocycles. The third-order valence-electron chi connectivity index (χ3n) is 5.75. The van der Waals surface area contributed by atoms with E-state index in [9.17, 15) is 9.59 Å². The Morgan fingerprint density at radius 3 is 2.96 bits per heavy atom. The van der Waals surface area contributed by atoms with Gasteiger partial charge in [0.15, 0.2) is 0 Å². The molecule has 3 aliphatic rings. The molecule has 1 saturated heterocycles. The van der Waals surface area contributed by atoms with E-state index in [1.165, 1.54) is 0 Å². The molecule has 2 amide bonds. The van der Waals surface area contributed by atoms with Crippen molar-refractivity contribution in [1.82, 2.24) is 10.2 Å². The highest BCUT2D eigenvalue weighted by Gasteiger charge is 2.35. The van der Waals surface area contributed by atoms with E-state index in [-0.39, 0.29) is 23.8 Å². The summed E-state index contributed by atoms with van der Waals surface area (Å²) in [6.45, 7) is 3.00. The van der Waals surface area contributed by atoms with Crippen LogP contribution in [0.15, 0.2) is 10.7 Å². The van der Waals surface area contributed by atoms with Crippen LogP contribution < -0.4 is 5.32 Å². The summed E-state index contributed by atoms with van der Waals surface area (Å²) in [6.07, 6.45) is 6.26. The van der Waals surface area contributed by atoms with Crippen LogP contribution >= 0.6 is 11.8 Å². The van der Waals surface area contributed by atoms with Gasteiger partial charge in [-0.2, -0.15) is 11.8 Å². The molecule has 4 rings (SSSR count). The van der Waals surface area contributed by atoms with Gasteiger partial charge in [0.05, 0.1) is 31.4 Å². The maximum absolute atomic E-state index is 13.0. The van der Waals surface area contributed by atoms with Gasteiger partial charge in [0, 0.05) is 29.8 Å². The lowest BCUT2D eigenvalue weighted by atomic mass is 9.84. The van der Waals surface area contributed by atoms with E-state index < -0.39 is 0 Å². The summed E-state index contributed by atoms with van der Waals surface area (Å²) < 4.78 is 16.4. The lowest BCUT2D eigenvalue weighted by molar-refractivity contribution is -0.127. The van der Waals surface area contributed by atoms with Crippen molar-refractivity contribution in [3.8, 4) is 0 Å². The summed E-state index contributed by atoms with van der Waals surface area (Å²) in [6, 6.07) is -0.0419. The molecule has 1 unspecified atom stereocenters. The van der Waals surface area contributed by atoms with Crippen LogP contribution in [-0.2, 0) is 27.5 Å². The SMILES string of the molecule is CSC1CC(C(=O)NCCC2COCCN2C(=O)c2coc3c2COC3)C1. The Labute approximate surface area is 163 Å². The summed E-state index contributed by atoms with van der Waals surface area (Å²) >= 11 is 1.83. The Morgan fingerprint density at radius 2 is 2.15 bits per heavy atom. The maximum atomic E-state index is 13.0. The van der Waals surface area contributed by atoms with Crippen molar-refractivity contribution in [3.05, 3.63) is 23.2 Å². The second kappa shape index (κ2) is 8.24. The lowest BCUT2D eigenvalue weighted by Crippen LogP contribution is -2.50. The van der Waals surface area contributed by atoms with E-state index in [1.807, 2.05) is 16.7 Å². The Hall–Kier alpha value is -1.51. The first kappa shape index (κ1) is 18.8. The van der Waals surface area contributed by atoms with Gasteiger partial charge in [-0.3, -0.25) is 9.59 Å². The zero-order chi connectivity index (χ0) is 18.8. The highest BCUT2D eigenvalue weighted by atomic mass is 32.2. The van der Waals surface area contributed by atoms with E-state index >= 15 is 0 Å². The second-order valence-corrected chi connectivity index (χ2v) is 8.52. The Morgan fingerprint density at radius 1 is 1.30 bits per heavy atom. The fraction of sp³-hybridized carbons (Fsp3) is 0.684. The molecule has 0 bridgehead atoms. The minimum absolute atomic E-state index is 0.0352. The van der Waals surface area contributed by atoms with Crippen molar-refractivity contribution in [2.24, 2.45) is 5.92 Å². The number of nitrogens with zero attached hydrogens (tertiary/aromatic N) is 1. The van der Waals surface area contributed by atoms with E-state index in [4.69, 9.17) is 13.9 Å². The van der Waals surface area contributed by atoms with E-state index in [0.29, 0.717) is 56.8 Å². The summed E-state index contributed by atoms with van der Waals surface area (Å²) in [4.78, 5) is 27.1. The van der Waals surface area contributed by atoms with Crippen molar-refractivity contribution >= 4 is 23.6 Å². The minimum Gasteiger partial charge on any atom is -0.466 e. The van der Waals surface area contributed by atoms with Gasteiger partial charge in [-0.15, -0.1) is 0 Å². The van der Waals surface area contributed by atoms with Gasteiger partial charge in [0.1, 0.15) is 18.6 Å². The van der Waals surface area contributed by atoms with E-state index in [1.54, 1.807) is 6.26 Å². The van der Waals surface area contributed by atoms with Gasteiger partial charge in [-0.25, -0.2) is 0 Å². The van der Waals surface area contributed by atoms with Crippen molar-refractivity contribution < 1.29 is 23.5 Å². The maximum Gasteiger partial charge on any atom is 0.257 e. The summed E-state index contributed by atoms with van der Waals surface area (Å²) in [5.74, 6) is 1.00. The number of rotatable bonds is 6. The first-order chi connectivity index (χ1) is 13.2. The van der Waals surface area contributed by atoms with Crippen LogP contribution in [0.5, 0.6) is 0 Å². The zero-order valence-corrected chi connectivity index (χ0v) is 16.4. The topological polar surface area (TPSA) is 81.0 Å². The molecule has 3 heterocycles. The number of nitrogens with one attached hydrogen (secondary N) is 1. The molecule has 1 aromatic rings. The van der Waals surface area contributed by atoms with Crippen LogP contribution in [-0.4, -0.2) is 60.6 Å². The lowest BCUT2D eigenvalue weighted by Gasteiger charge is -2.36. The third kappa shape index (κ3) is 3.88. The Bertz CT molecular complexity index is 700. The smallest absolute Gasteiger partial charge is 0.257 e. The monoisotopic (exact) mass is 394 g/mol. The molecule has 1 N–H and O–H groups in total. The average Bonchev–Trinajstić information content (AvgIpc) is 3.24. The van der Waals surface area contributed by atoms with Crippen LogP contribution in [0.3, 0.4) is 0 Å². The molecule has 2 aliphatic heterocycles. The molecule has 1 aliphatic carbocycles. The number of morpholine rings is 1. The number of hydrogen-bond donors (Lipinski definition) is 1. The predicted molar refractivity (Wildman–Crippen MR) is 100 cm³/mol. The summed E-state index contributed by atoms with van der Waals surface area (Å²) in [5.41, 5.74) is 1.46. The number of amides is 2.